The molecule has 0 spiro atoms. The highest BCUT2D eigenvalue weighted by Gasteiger charge is 2.49. The number of anilines is 2. The maximum atomic E-state index is 16.6. The Morgan fingerprint density at radius 1 is 1.16 bits per heavy atom. The highest BCUT2D eigenvalue weighted by atomic mass is 32.1. The molecular weight excluding hydrogens is 610 g/mol. The summed E-state index contributed by atoms with van der Waals surface area (Å²) in [6.07, 6.45) is 0.742. The predicted octanol–water partition coefficient (Wildman–Crippen LogP) is 4.89. The van der Waals surface area contributed by atoms with Gasteiger partial charge in [-0.25, -0.2) is 22.5 Å². The van der Waals surface area contributed by atoms with Crippen molar-refractivity contribution in [2.45, 2.75) is 43.2 Å². The number of ether oxygens (including phenoxy) is 1. The molecule has 0 aliphatic carbocycles. The van der Waals surface area contributed by atoms with Crippen LogP contribution in [0.2, 0.25) is 0 Å². The first-order chi connectivity index (χ1) is 21.6. The number of hydrogen-bond donors (Lipinski definition) is 1. The van der Waals surface area contributed by atoms with Crippen LogP contribution in [-0.2, 0) is 4.79 Å². The number of carbonyl (C=O) groups is 1. The molecule has 3 fully saturated rings. The van der Waals surface area contributed by atoms with E-state index in [-0.39, 0.29) is 63.3 Å². The van der Waals surface area contributed by atoms with Crippen molar-refractivity contribution < 1.29 is 27.1 Å². The lowest BCUT2D eigenvalue weighted by Gasteiger charge is -2.31. The Morgan fingerprint density at radius 2 is 1.96 bits per heavy atom. The fraction of sp³-hybridized carbons (Fsp3) is 0.419. The van der Waals surface area contributed by atoms with Crippen LogP contribution in [0.15, 0.2) is 36.9 Å². The van der Waals surface area contributed by atoms with Gasteiger partial charge in [0.1, 0.15) is 36.1 Å². The molecule has 4 unspecified atom stereocenters. The number of thiazole rings is 1. The first kappa shape index (κ1) is 29.7. The van der Waals surface area contributed by atoms with Gasteiger partial charge in [-0.05, 0) is 43.7 Å². The standard InChI is InChI=1S/C31H31F4N7O2S/c1-3-23(43)41-13-21(34)22(14-41)40(2)28-19-6-5-17(18-7-8-20(33)27-26(18)37-29(36)45-27)24(35)25(19)38-30(39-28)44-15-31-9-4-10-42(31)12-16(32)11-31/h3,5-8,16,21-22H,1,4,9-15H2,2H3,(H2,36,37). The molecule has 4 atom stereocenters. The highest BCUT2D eigenvalue weighted by molar-refractivity contribution is 7.22. The molecule has 2 N–H and O–H groups in total. The number of fused-ring (bicyclic) bond motifs is 3. The van der Waals surface area contributed by atoms with Gasteiger partial charge >= 0.3 is 6.01 Å². The topological polar surface area (TPSA) is 101 Å². The minimum absolute atomic E-state index is 0.0690. The minimum Gasteiger partial charge on any atom is -0.461 e. The second kappa shape index (κ2) is 11.1. The smallest absolute Gasteiger partial charge is 0.319 e. The van der Waals surface area contributed by atoms with Crippen LogP contribution < -0.4 is 15.4 Å². The molecule has 0 radical (unpaired) electrons. The Hall–Kier alpha value is -4.04. The normalized spacial score (nSPS) is 24.9. The van der Waals surface area contributed by atoms with E-state index < -0.39 is 41.5 Å². The predicted molar refractivity (Wildman–Crippen MR) is 165 cm³/mol. The van der Waals surface area contributed by atoms with Crippen molar-refractivity contribution in [1.29, 1.82) is 0 Å². The second-order valence-electron chi connectivity index (χ2n) is 12.0. The molecule has 3 aliphatic rings. The average Bonchev–Trinajstić information content (AvgIpc) is 3.78. The summed E-state index contributed by atoms with van der Waals surface area (Å²) in [6, 6.07) is 4.88. The summed E-state index contributed by atoms with van der Waals surface area (Å²) in [4.78, 5) is 30.6. The first-order valence-electron chi connectivity index (χ1n) is 14.7. The number of aromatic nitrogens is 3. The quantitative estimate of drug-likeness (QED) is 0.225. The molecule has 2 aromatic heterocycles. The zero-order valence-electron chi connectivity index (χ0n) is 24.5. The molecule has 3 aliphatic heterocycles. The van der Waals surface area contributed by atoms with Gasteiger partial charge in [0.15, 0.2) is 10.9 Å². The fourth-order valence-electron chi connectivity index (χ4n) is 7.10. The second-order valence-corrected chi connectivity index (χ2v) is 13.0. The molecular formula is C31H31F4N7O2S. The van der Waals surface area contributed by atoms with Crippen LogP contribution in [0.1, 0.15) is 19.3 Å². The van der Waals surface area contributed by atoms with E-state index in [4.69, 9.17) is 10.5 Å². The lowest BCUT2D eigenvalue weighted by Crippen LogP contribution is -2.43. The van der Waals surface area contributed by atoms with E-state index in [0.29, 0.717) is 18.5 Å². The van der Waals surface area contributed by atoms with Gasteiger partial charge in [0.25, 0.3) is 0 Å². The van der Waals surface area contributed by atoms with Gasteiger partial charge in [0, 0.05) is 43.1 Å². The van der Waals surface area contributed by atoms with Crippen molar-refractivity contribution in [3.05, 3.63) is 48.6 Å². The molecule has 236 valence electrons. The van der Waals surface area contributed by atoms with Gasteiger partial charge < -0.3 is 20.3 Å². The van der Waals surface area contributed by atoms with Gasteiger partial charge in [-0.3, -0.25) is 9.69 Å². The van der Waals surface area contributed by atoms with E-state index in [1.54, 1.807) is 18.0 Å². The number of benzene rings is 2. The highest BCUT2D eigenvalue weighted by Crippen LogP contribution is 2.42. The lowest BCUT2D eigenvalue weighted by molar-refractivity contribution is -0.125. The van der Waals surface area contributed by atoms with E-state index >= 15 is 8.78 Å². The van der Waals surface area contributed by atoms with Crippen LogP contribution in [0.25, 0.3) is 32.2 Å². The zero-order chi connectivity index (χ0) is 31.6. The average molecular weight is 642 g/mol. The van der Waals surface area contributed by atoms with Crippen LogP contribution in [0.4, 0.5) is 28.5 Å². The number of amides is 1. The number of nitrogen functional groups attached to an aromatic ring is 1. The van der Waals surface area contributed by atoms with Crippen molar-refractivity contribution in [2.75, 3.05) is 50.5 Å². The molecule has 9 nitrogen and oxygen atoms in total. The van der Waals surface area contributed by atoms with Gasteiger partial charge in [-0.15, -0.1) is 0 Å². The summed E-state index contributed by atoms with van der Waals surface area (Å²) in [7, 11) is 1.63. The molecule has 45 heavy (non-hydrogen) atoms. The Labute approximate surface area is 260 Å². The summed E-state index contributed by atoms with van der Waals surface area (Å²) >= 11 is 0.966. The first-order valence-corrected chi connectivity index (χ1v) is 15.6. The van der Waals surface area contributed by atoms with Crippen molar-refractivity contribution in [2.24, 2.45) is 0 Å². The number of halogens is 4. The largest absolute Gasteiger partial charge is 0.461 e. The van der Waals surface area contributed by atoms with Crippen LogP contribution in [0.5, 0.6) is 6.01 Å². The molecule has 0 bridgehead atoms. The third-order valence-electron chi connectivity index (χ3n) is 9.34. The van der Waals surface area contributed by atoms with Gasteiger partial charge in [0.2, 0.25) is 5.91 Å². The van der Waals surface area contributed by atoms with Crippen LogP contribution in [0, 0.1) is 11.6 Å². The number of hydrogen-bond acceptors (Lipinski definition) is 9. The van der Waals surface area contributed by atoms with Crippen molar-refractivity contribution in [3.63, 3.8) is 0 Å². The zero-order valence-corrected chi connectivity index (χ0v) is 25.3. The summed E-state index contributed by atoms with van der Waals surface area (Å²) in [5.74, 6) is -1.43. The van der Waals surface area contributed by atoms with E-state index in [1.165, 1.54) is 23.1 Å². The SMILES string of the molecule is C=CC(=O)N1CC(F)C(N(C)c2nc(OCC34CCCN3CC(F)C4)nc3c(F)c(-c4ccc(F)c5sc(N)nc45)ccc23)C1. The Bertz CT molecular complexity index is 1840. The summed E-state index contributed by atoms with van der Waals surface area (Å²) in [6.45, 7) is 4.65. The molecule has 7 rings (SSSR count). The van der Waals surface area contributed by atoms with Crippen molar-refractivity contribution in [3.8, 4) is 17.1 Å². The monoisotopic (exact) mass is 641 g/mol. The maximum absolute atomic E-state index is 16.6. The molecule has 4 aromatic rings. The molecule has 3 saturated heterocycles. The number of likely N-dealkylation sites (tertiary alicyclic amines) is 1. The van der Waals surface area contributed by atoms with E-state index in [0.717, 1.165) is 36.8 Å². The summed E-state index contributed by atoms with van der Waals surface area (Å²) in [5.41, 5.74) is 5.92. The van der Waals surface area contributed by atoms with E-state index in [9.17, 15) is 13.6 Å². The van der Waals surface area contributed by atoms with Gasteiger partial charge in [-0.2, -0.15) is 9.97 Å². The number of rotatable bonds is 7. The molecule has 2 aromatic carbocycles. The molecule has 0 saturated carbocycles. The van der Waals surface area contributed by atoms with E-state index in [2.05, 4.69) is 26.4 Å². The Kier molecular flexibility index (Phi) is 7.31. The van der Waals surface area contributed by atoms with Gasteiger partial charge in [-0.1, -0.05) is 24.0 Å². The molecule has 14 heteroatoms. The number of carbonyl (C=O) groups excluding carboxylic acids is 1. The fourth-order valence-corrected chi connectivity index (χ4v) is 7.87. The lowest BCUT2D eigenvalue weighted by atomic mass is 9.95. The van der Waals surface area contributed by atoms with Crippen molar-refractivity contribution in [1.82, 2.24) is 24.8 Å². The Balaban J connectivity index is 1.33. The number of nitrogens with zero attached hydrogens (tertiary/aromatic N) is 6. The minimum atomic E-state index is -1.41. The third-order valence-corrected chi connectivity index (χ3v) is 10.2. The van der Waals surface area contributed by atoms with Crippen molar-refractivity contribution >= 4 is 49.3 Å². The van der Waals surface area contributed by atoms with Crippen LogP contribution >= 0.6 is 11.3 Å². The van der Waals surface area contributed by atoms with Crippen LogP contribution in [-0.4, -0.2) is 94.4 Å². The Morgan fingerprint density at radius 3 is 2.76 bits per heavy atom. The van der Waals surface area contributed by atoms with Gasteiger partial charge in [0.05, 0.1) is 28.3 Å². The third kappa shape index (κ3) is 4.94. The summed E-state index contributed by atoms with van der Waals surface area (Å²) < 4.78 is 67.2. The molecule has 5 heterocycles. The number of nitrogens with two attached hydrogens (primary N) is 1. The van der Waals surface area contributed by atoms with Crippen LogP contribution in [0.3, 0.4) is 0 Å². The number of likely N-dealkylation sites (N-methyl/N-ethyl adjacent to an activating group) is 1. The number of alkyl halides is 2. The summed E-state index contributed by atoms with van der Waals surface area (Å²) in [5, 5.41) is 0.428. The van der Waals surface area contributed by atoms with E-state index in [1.807, 2.05) is 0 Å². The molecule has 1 amide bonds. The maximum Gasteiger partial charge on any atom is 0.319 e.